The first kappa shape index (κ1) is 15.8. The fourth-order valence-electron chi connectivity index (χ4n) is 2.36. The minimum Gasteiger partial charge on any atom is -0.350 e. The number of rotatable bonds is 7. The number of carbonyl (C=O) groups excluding carboxylic acids is 1. The minimum absolute atomic E-state index is 0.102. The van der Waals surface area contributed by atoms with Gasteiger partial charge in [-0.2, -0.15) is 0 Å². The molecule has 0 aromatic heterocycles. The molecule has 2 rings (SSSR count). The van der Waals surface area contributed by atoms with E-state index in [1.807, 2.05) is 46.7 Å². The van der Waals surface area contributed by atoms with Crippen LogP contribution in [0.15, 0.2) is 30.3 Å². The van der Waals surface area contributed by atoms with Gasteiger partial charge in [0.05, 0.1) is 6.04 Å². The number of benzene rings is 1. The van der Waals surface area contributed by atoms with E-state index in [0.717, 1.165) is 11.7 Å². The zero-order valence-electron chi connectivity index (χ0n) is 12.0. The van der Waals surface area contributed by atoms with Gasteiger partial charge in [-0.15, -0.1) is 0 Å². The molecule has 4 heteroatoms. The number of unbranched alkanes of at least 4 members (excludes halogenated alkanes) is 1. The third-order valence-electron chi connectivity index (χ3n) is 3.58. The van der Waals surface area contributed by atoms with Crippen LogP contribution in [0.3, 0.4) is 0 Å². The fraction of sp³-hybridized carbons (Fsp3) is 0.562. The van der Waals surface area contributed by atoms with Gasteiger partial charge < -0.3 is 5.32 Å². The molecule has 20 heavy (non-hydrogen) atoms. The summed E-state index contributed by atoms with van der Waals surface area (Å²) in [5.74, 6) is 1.47. The molecule has 1 aliphatic heterocycles. The second-order valence-corrected chi connectivity index (χ2v) is 8.06. The molecule has 2 nitrogen and oxygen atoms in total. The van der Waals surface area contributed by atoms with Crippen molar-refractivity contribution >= 4 is 27.5 Å². The van der Waals surface area contributed by atoms with E-state index in [0.29, 0.717) is 6.42 Å². The highest BCUT2D eigenvalue weighted by atomic mass is 33.1. The Morgan fingerprint density at radius 2 is 2.15 bits per heavy atom. The molecule has 1 amide bonds. The second kappa shape index (κ2) is 8.63. The molecule has 1 heterocycles. The molecule has 1 aliphatic rings. The van der Waals surface area contributed by atoms with Crippen LogP contribution in [0.5, 0.6) is 0 Å². The lowest BCUT2D eigenvalue weighted by Crippen LogP contribution is -2.26. The van der Waals surface area contributed by atoms with Gasteiger partial charge in [0.1, 0.15) is 0 Å². The van der Waals surface area contributed by atoms with Crippen LogP contribution < -0.4 is 5.32 Å². The predicted molar refractivity (Wildman–Crippen MR) is 89.9 cm³/mol. The van der Waals surface area contributed by atoms with Crippen molar-refractivity contribution in [3.05, 3.63) is 35.9 Å². The zero-order chi connectivity index (χ0) is 14.2. The number of nitrogens with one attached hydrogen (secondary N) is 1. The van der Waals surface area contributed by atoms with Crippen LogP contribution in [0.25, 0.3) is 0 Å². The monoisotopic (exact) mass is 309 g/mol. The highest BCUT2D eigenvalue weighted by molar-refractivity contribution is 8.77. The number of amides is 1. The zero-order valence-corrected chi connectivity index (χ0v) is 13.6. The molecular formula is C16H23NOS2. The lowest BCUT2D eigenvalue weighted by molar-refractivity contribution is -0.121. The van der Waals surface area contributed by atoms with Crippen LogP contribution in [-0.2, 0) is 4.79 Å². The number of hydrogen-bond donors (Lipinski definition) is 1. The number of carbonyl (C=O) groups is 1. The molecule has 2 unspecified atom stereocenters. The summed E-state index contributed by atoms with van der Waals surface area (Å²) in [6.45, 7) is 2.04. The van der Waals surface area contributed by atoms with E-state index in [1.54, 1.807) is 0 Å². The van der Waals surface area contributed by atoms with E-state index < -0.39 is 0 Å². The van der Waals surface area contributed by atoms with Gasteiger partial charge in [-0.3, -0.25) is 4.79 Å². The lowest BCUT2D eigenvalue weighted by atomic mass is 10.1. The maximum Gasteiger partial charge on any atom is 0.220 e. The maximum atomic E-state index is 11.9. The molecule has 0 saturated carbocycles. The van der Waals surface area contributed by atoms with Crippen molar-refractivity contribution in [1.82, 2.24) is 5.32 Å². The van der Waals surface area contributed by atoms with Gasteiger partial charge in [0.15, 0.2) is 0 Å². The van der Waals surface area contributed by atoms with Crippen LogP contribution >= 0.6 is 21.6 Å². The van der Waals surface area contributed by atoms with E-state index in [9.17, 15) is 4.79 Å². The van der Waals surface area contributed by atoms with Crippen molar-refractivity contribution in [2.24, 2.45) is 0 Å². The summed E-state index contributed by atoms with van der Waals surface area (Å²) in [5, 5.41) is 3.90. The average molecular weight is 310 g/mol. The summed E-state index contributed by atoms with van der Waals surface area (Å²) in [5.41, 5.74) is 1.17. The fourth-order valence-corrected chi connectivity index (χ4v) is 5.39. The molecule has 1 aromatic rings. The van der Waals surface area contributed by atoms with E-state index in [-0.39, 0.29) is 11.9 Å². The second-order valence-electron chi connectivity index (χ2n) is 5.27. The van der Waals surface area contributed by atoms with Crippen molar-refractivity contribution < 1.29 is 4.79 Å². The largest absolute Gasteiger partial charge is 0.350 e. The van der Waals surface area contributed by atoms with Crippen molar-refractivity contribution in [3.63, 3.8) is 0 Å². The molecule has 0 aliphatic carbocycles. The Morgan fingerprint density at radius 1 is 1.35 bits per heavy atom. The highest BCUT2D eigenvalue weighted by Crippen LogP contribution is 2.39. The van der Waals surface area contributed by atoms with Gasteiger partial charge in [0.25, 0.3) is 0 Å². The van der Waals surface area contributed by atoms with Crippen molar-refractivity contribution in [2.75, 3.05) is 5.75 Å². The Bertz CT molecular complexity index is 404. The van der Waals surface area contributed by atoms with Crippen molar-refractivity contribution in [2.45, 2.75) is 50.3 Å². The van der Waals surface area contributed by atoms with Gasteiger partial charge in [-0.25, -0.2) is 0 Å². The van der Waals surface area contributed by atoms with Gasteiger partial charge >= 0.3 is 0 Å². The van der Waals surface area contributed by atoms with Gasteiger partial charge in [0.2, 0.25) is 5.91 Å². The molecule has 1 N–H and O–H groups in total. The SMILES string of the molecule is CC(NC(=O)CCCCC1CCSS1)c1ccccc1. The molecular weight excluding hydrogens is 286 g/mol. The van der Waals surface area contributed by atoms with Gasteiger partial charge in [-0.05, 0) is 31.7 Å². The van der Waals surface area contributed by atoms with Crippen LogP contribution in [-0.4, -0.2) is 16.9 Å². The van der Waals surface area contributed by atoms with Crippen molar-refractivity contribution in [1.29, 1.82) is 0 Å². The molecule has 0 radical (unpaired) electrons. The Morgan fingerprint density at radius 3 is 2.85 bits per heavy atom. The first-order valence-electron chi connectivity index (χ1n) is 7.38. The molecule has 2 atom stereocenters. The van der Waals surface area contributed by atoms with E-state index in [4.69, 9.17) is 0 Å². The van der Waals surface area contributed by atoms with Gasteiger partial charge in [0, 0.05) is 17.4 Å². The van der Waals surface area contributed by atoms with E-state index in [1.165, 1.54) is 30.6 Å². The molecule has 1 fully saturated rings. The summed E-state index contributed by atoms with van der Waals surface area (Å²) < 4.78 is 0. The highest BCUT2D eigenvalue weighted by Gasteiger charge is 2.16. The normalized spacial score (nSPS) is 19.8. The molecule has 1 aromatic carbocycles. The standard InChI is InChI=1S/C16H23NOS2/c1-13(14-7-3-2-4-8-14)17-16(18)10-6-5-9-15-11-12-19-20-15/h2-4,7-8,13,15H,5-6,9-12H2,1H3,(H,17,18). The molecule has 110 valence electrons. The lowest BCUT2D eigenvalue weighted by Gasteiger charge is -2.14. The molecule has 1 saturated heterocycles. The van der Waals surface area contributed by atoms with E-state index in [2.05, 4.69) is 17.4 Å². The average Bonchev–Trinajstić information content (AvgIpc) is 2.98. The van der Waals surface area contributed by atoms with Gasteiger partial charge in [-0.1, -0.05) is 58.3 Å². The van der Waals surface area contributed by atoms with E-state index >= 15 is 0 Å². The Balaban J connectivity index is 1.60. The first-order valence-corrected chi connectivity index (χ1v) is 9.76. The summed E-state index contributed by atoms with van der Waals surface area (Å²) in [7, 11) is 4.02. The number of hydrogen-bond acceptors (Lipinski definition) is 3. The summed E-state index contributed by atoms with van der Waals surface area (Å²) in [6.07, 6.45) is 5.44. The van der Waals surface area contributed by atoms with Crippen LogP contribution in [0, 0.1) is 0 Å². The third-order valence-corrected chi connectivity index (χ3v) is 6.59. The summed E-state index contributed by atoms with van der Waals surface area (Å²) in [4.78, 5) is 11.9. The Labute approximate surface area is 129 Å². The van der Waals surface area contributed by atoms with Crippen LogP contribution in [0.2, 0.25) is 0 Å². The quantitative estimate of drug-likeness (QED) is 0.590. The molecule has 0 bridgehead atoms. The summed E-state index contributed by atoms with van der Waals surface area (Å²) in [6, 6.07) is 10.2. The van der Waals surface area contributed by atoms with Crippen LogP contribution in [0.1, 0.15) is 50.6 Å². The smallest absolute Gasteiger partial charge is 0.220 e. The topological polar surface area (TPSA) is 29.1 Å². The van der Waals surface area contributed by atoms with Crippen molar-refractivity contribution in [3.8, 4) is 0 Å². The first-order chi connectivity index (χ1) is 9.75. The predicted octanol–water partition coefficient (Wildman–Crippen LogP) is 4.58. The third kappa shape index (κ3) is 5.41. The summed E-state index contributed by atoms with van der Waals surface area (Å²) >= 11 is 0. The molecule has 0 spiro atoms. The Hall–Kier alpha value is -0.610. The maximum absolute atomic E-state index is 11.9. The van der Waals surface area contributed by atoms with Crippen LogP contribution in [0.4, 0.5) is 0 Å². The minimum atomic E-state index is 0.102. The Kier molecular flexibility index (Phi) is 6.80.